The molecule has 2 aliphatic heterocycles. The van der Waals surface area contributed by atoms with Gasteiger partial charge in [-0.2, -0.15) is 5.06 Å². The standard InChI is InChI=1S/C21H24N2O2/c1-4-5-14-22-19(24)23-20(2)15-10-6-8-12-17(15)21(3,25-23)18-13-9-7-11-16(18)20/h6-13H,4-5,14H2,1-3H3,(H,22,24). The summed E-state index contributed by atoms with van der Waals surface area (Å²) in [6, 6.07) is 16.4. The van der Waals surface area contributed by atoms with Gasteiger partial charge in [0, 0.05) is 6.54 Å². The SMILES string of the molecule is CCCCNC(=O)N1OC2(C)c3ccccc3C1(C)c1ccccc12. The molecule has 4 nitrogen and oxygen atoms in total. The highest BCUT2D eigenvalue weighted by Gasteiger charge is 2.58. The summed E-state index contributed by atoms with van der Waals surface area (Å²) in [5, 5.41) is 4.55. The Morgan fingerprint density at radius 3 is 2.04 bits per heavy atom. The van der Waals surface area contributed by atoms with Crippen molar-refractivity contribution in [3.8, 4) is 0 Å². The summed E-state index contributed by atoms with van der Waals surface area (Å²) in [5.74, 6) is 0. The van der Waals surface area contributed by atoms with Crippen LogP contribution >= 0.6 is 0 Å². The van der Waals surface area contributed by atoms with Crippen molar-refractivity contribution in [2.45, 2.75) is 44.8 Å². The molecule has 0 unspecified atom stereocenters. The van der Waals surface area contributed by atoms with Gasteiger partial charge in [-0.3, -0.25) is 4.84 Å². The van der Waals surface area contributed by atoms with E-state index in [2.05, 4.69) is 50.4 Å². The van der Waals surface area contributed by atoms with Gasteiger partial charge in [-0.15, -0.1) is 0 Å². The van der Waals surface area contributed by atoms with E-state index in [0.29, 0.717) is 6.54 Å². The number of hydrogen-bond donors (Lipinski definition) is 1. The molecule has 5 rings (SSSR count). The number of hydrogen-bond acceptors (Lipinski definition) is 2. The number of hydroxylamine groups is 2. The smallest absolute Gasteiger partial charge is 0.336 e. The number of fused-ring (bicyclic) bond motifs is 1. The zero-order valence-corrected chi connectivity index (χ0v) is 15.0. The molecular weight excluding hydrogens is 312 g/mol. The van der Waals surface area contributed by atoms with Gasteiger partial charge in [0.25, 0.3) is 0 Å². The van der Waals surface area contributed by atoms with E-state index in [1.165, 1.54) is 0 Å². The number of carbonyl (C=O) groups is 1. The quantitative estimate of drug-likeness (QED) is 0.850. The third kappa shape index (κ3) is 2.07. The van der Waals surface area contributed by atoms with Crippen LogP contribution in [0.2, 0.25) is 0 Å². The summed E-state index contributed by atoms with van der Waals surface area (Å²) < 4.78 is 0. The van der Waals surface area contributed by atoms with Gasteiger partial charge in [0.1, 0.15) is 11.1 Å². The molecule has 1 N–H and O–H groups in total. The van der Waals surface area contributed by atoms with Crippen LogP contribution in [0.4, 0.5) is 4.79 Å². The summed E-state index contributed by atoms with van der Waals surface area (Å²) in [6.45, 7) is 6.89. The van der Waals surface area contributed by atoms with Gasteiger partial charge in [-0.1, -0.05) is 61.9 Å². The molecule has 0 fully saturated rings. The summed E-state index contributed by atoms with van der Waals surface area (Å²) >= 11 is 0. The first kappa shape index (κ1) is 16.2. The van der Waals surface area contributed by atoms with Crippen molar-refractivity contribution in [1.29, 1.82) is 0 Å². The lowest BCUT2D eigenvalue weighted by atomic mass is 9.65. The maximum absolute atomic E-state index is 12.9. The monoisotopic (exact) mass is 336 g/mol. The highest BCUT2D eigenvalue weighted by molar-refractivity contribution is 5.77. The predicted molar refractivity (Wildman–Crippen MR) is 97.0 cm³/mol. The zero-order chi connectivity index (χ0) is 17.7. The minimum absolute atomic E-state index is 0.175. The fourth-order valence-electron chi connectivity index (χ4n) is 4.22. The van der Waals surface area contributed by atoms with Crippen molar-refractivity contribution in [2.75, 3.05) is 6.54 Å². The average Bonchev–Trinajstić information content (AvgIpc) is 2.64. The van der Waals surface area contributed by atoms with Crippen LogP contribution in [0, 0.1) is 0 Å². The Bertz CT molecular complexity index is 783. The Morgan fingerprint density at radius 1 is 1.00 bits per heavy atom. The highest BCUT2D eigenvalue weighted by Crippen LogP contribution is 2.57. The van der Waals surface area contributed by atoms with Crippen LogP contribution in [0.15, 0.2) is 48.5 Å². The predicted octanol–water partition coefficient (Wildman–Crippen LogP) is 4.28. The van der Waals surface area contributed by atoms with Gasteiger partial charge in [0.15, 0.2) is 0 Å². The van der Waals surface area contributed by atoms with E-state index < -0.39 is 11.1 Å². The summed E-state index contributed by atoms with van der Waals surface area (Å²) in [4.78, 5) is 19.3. The number of nitrogens with zero attached hydrogens (tertiary/aromatic N) is 1. The van der Waals surface area contributed by atoms with Crippen LogP contribution in [-0.4, -0.2) is 17.6 Å². The molecular formula is C21H24N2O2. The molecule has 0 saturated heterocycles. The van der Waals surface area contributed by atoms with Gasteiger partial charge in [0.2, 0.25) is 0 Å². The molecule has 0 radical (unpaired) electrons. The number of benzene rings is 2. The second-order valence-electron chi connectivity index (χ2n) is 7.17. The maximum atomic E-state index is 12.9. The lowest BCUT2D eigenvalue weighted by molar-refractivity contribution is -0.262. The van der Waals surface area contributed by atoms with Crippen LogP contribution in [0.3, 0.4) is 0 Å². The lowest BCUT2D eigenvalue weighted by Crippen LogP contribution is -2.63. The molecule has 2 aromatic rings. The summed E-state index contributed by atoms with van der Waals surface area (Å²) in [7, 11) is 0. The van der Waals surface area contributed by atoms with Crippen molar-refractivity contribution in [3.63, 3.8) is 0 Å². The number of amides is 2. The van der Waals surface area contributed by atoms with Crippen molar-refractivity contribution >= 4 is 6.03 Å². The molecule has 0 aromatic heterocycles. The molecule has 3 aliphatic rings. The minimum atomic E-state index is -0.660. The molecule has 4 heteroatoms. The van der Waals surface area contributed by atoms with Gasteiger partial charge in [-0.05, 0) is 42.5 Å². The van der Waals surface area contributed by atoms with Gasteiger partial charge in [0.05, 0.1) is 0 Å². The third-order valence-electron chi connectivity index (χ3n) is 5.60. The van der Waals surface area contributed by atoms with Crippen molar-refractivity contribution < 1.29 is 9.63 Å². The molecule has 0 saturated carbocycles. The van der Waals surface area contributed by atoms with Crippen LogP contribution in [-0.2, 0) is 16.0 Å². The Balaban J connectivity index is 1.87. The average molecular weight is 336 g/mol. The van der Waals surface area contributed by atoms with Crippen LogP contribution in [0.25, 0.3) is 0 Å². The van der Waals surface area contributed by atoms with Gasteiger partial charge < -0.3 is 5.32 Å². The number of rotatable bonds is 3. The van der Waals surface area contributed by atoms with E-state index in [1.807, 2.05) is 24.3 Å². The second kappa shape index (κ2) is 5.60. The molecule has 25 heavy (non-hydrogen) atoms. The second-order valence-corrected chi connectivity index (χ2v) is 7.17. The van der Waals surface area contributed by atoms with Crippen LogP contribution in [0.1, 0.15) is 55.9 Å². The molecule has 0 spiro atoms. The number of unbranched alkanes of at least 4 members (excludes halogenated alkanes) is 1. The summed E-state index contributed by atoms with van der Waals surface area (Å²) in [6.07, 6.45) is 2.00. The normalized spacial score (nSPS) is 26.1. The molecule has 1 aliphatic carbocycles. The van der Waals surface area contributed by atoms with Gasteiger partial charge in [-0.25, -0.2) is 4.79 Å². The van der Waals surface area contributed by atoms with Crippen molar-refractivity contribution in [3.05, 3.63) is 70.8 Å². The molecule has 2 bridgehead atoms. The molecule has 2 amide bonds. The fourth-order valence-corrected chi connectivity index (χ4v) is 4.22. The first-order chi connectivity index (χ1) is 12.0. The molecule has 2 aromatic carbocycles. The Morgan fingerprint density at radius 2 is 1.52 bits per heavy atom. The topological polar surface area (TPSA) is 41.6 Å². The van der Waals surface area contributed by atoms with E-state index in [4.69, 9.17) is 4.84 Å². The molecule has 0 atom stereocenters. The third-order valence-corrected chi connectivity index (χ3v) is 5.60. The van der Waals surface area contributed by atoms with Crippen molar-refractivity contribution in [2.24, 2.45) is 0 Å². The number of nitrogens with one attached hydrogen (secondary N) is 1. The van der Waals surface area contributed by atoms with Crippen LogP contribution < -0.4 is 5.32 Å². The lowest BCUT2D eigenvalue weighted by Gasteiger charge is -2.57. The molecule has 130 valence electrons. The van der Waals surface area contributed by atoms with E-state index in [-0.39, 0.29) is 6.03 Å². The number of urea groups is 1. The Labute approximate surface area is 148 Å². The molecule has 2 heterocycles. The largest absolute Gasteiger partial charge is 0.342 e. The minimum Gasteiger partial charge on any atom is -0.336 e. The highest BCUT2D eigenvalue weighted by atomic mass is 16.7. The Hall–Kier alpha value is -2.33. The first-order valence-electron chi connectivity index (χ1n) is 9.00. The summed E-state index contributed by atoms with van der Waals surface area (Å²) in [5.41, 5.74) is 3.23. The van der Waals surface area contributed by atoms with E-state index >= 15 is 0 Å². The first-order valence-corrected chi connectivity index (χ1v) is 9.00. The maximum Gasteiger partial charge on any atom is 0.342 e. The van der Waals surface area contributed by atoms with E-state index in [0.717, 1.165) is 35.1 Å². The fraction of sp³-hybridized carbons (Fsp3) is 0.381. The van der Waals surface area contributed by atoms with E-state index in [1.54, 1.807) is 5.06 Å². The number of carbonyl (C=O) groups excluding carboxylic acids is 1. The van der Waals surface area contributed by atoms with E-state index in [9.17, 15) is 4.79 Å². The van der Waals surface area contributed by atoms with Gasteiger partial charge >= 0.3 is 6.03 Å². The van der Waals surface area contributed by atoms with Crippen molar-refractivity contribution in [1.82, 2.24) is 10.4 Å². The zero-order valence-electron chi connectivity index (χ0n) is 15.0. The Kier molecular flexibility index (Phi) is 3.62. The van der Waals surface area contributed by atoms with Crippen LogP contribution in [0.5, 0.6) is 0 Å².